The van der Waals surface area contributed by atoms with Crippen LogP contribution in [0, 0.1) is 0 Å². The van der Waals surface area contributed by atoms with Crippen molar-refractivity contribution in [3.05, 3.63) is 0 Å². The van der Waals surface area contributed by atoms with Gasteiger partial charge in [-0.05, 0) is 19.8 Å². The van der Waals surface area contributed by atoms with E-state index in [1.165, 1.54) is 32.1 Å². The van der Waals surface area contributed by atoms with Gasteiger partial charge in [-0.15, -0.1) is 11.8 Å². The summed E-state index contributed by atoms with van der Waals surface area (Å²) in [6, 6.07) is 0. The van der Waals surface area contributed by atoms with Crippen molar-refractivity contribution >= 4 is 17.7 Å². The highest BCUT2D eigenvalue weighted by Crippen LogP contribution is 2.30. The molecular weight excluding hydrogens is 182 g/mol. The Balaban J connectivity index is 2.25. The number of amides is 1. The Labute approximate surface area is 84.9 Å². The van der Waals surface area contributed by atoms with E-state index in [0.717, 1.165) is 5.25 Å². The van der Waals surface area contributed by atoms with Gasteiger partial charge in [0, 0.05) is 12.3 Å². The van der Waals surface area contributed by atoms with Crippen LogP contribution in [-0.4, -0.2) is 23.5 Å². The van der Waals surface area contributed by atoms with Gasteiger partial charge in [0.15, 0.2) is 0 Å². The van der Waals surface area contributed by atoms with E-state index in [2.05, 4.69) is 5.32 Å². The van der Waals surface area contributed by atoms with Gasteiger partial charge in [-0.2, -0.15) is 0 Å². The van der Waals surface area contributed by atoms with E-state index < -0.39 is 0 Å². The molecule has 1 N–H and O–H groups in total. The first-order valence-corrected chi connectivity index (χ1v) is 6.05. The maximum atomic E-state index is 11.3. The second kappa shape index (κ2) is 5.53. The topological polar surface area (TPSA) is 29.1 Å². The number of rotatable bonds is 3. The van der Waals surface area contributed by atoms with Crippen molar-refractivity contribution in [2.45, 2.75) is 49.5 Å². The molecule has 0 spiro atoms. The summed E-state index contributed by atoms with van der Waals surface area (Å²) in [7, 11) is 1.71. The number of thioether (sulfide) groups is 1. The molecule has 1 amide bonds. The van der Waals surface area contributed by atoms with Crippen molar-refractivity contribution in [1.82, 2.24) is 5.32 Å². The highest BCUT2D eigenvalue weighted by Gasteiger charge is 2.20. The molecule has 1 atom stereocenters. The predicted octanol–water partition coefficient (Wildman–Crippen LogP) is 2.19. The van der Waals surface area contributed by atoms with Crippen LogP contribution in [0.3, 0.4) is 0 Å². The molecule has 76 valence electrons. The van der Waals surface area contributed by atoms with E-state index >= 15 is 0 Å². The molecule has 1 aliphatic rings. The molecule has 1 unspecified atom stereocenters. The summed E-state index contributed by atoms with van der Waals surface area (Å²) < 4.78 is 0. The predicted molar refractivity (Wildman–Crippen MR) is 58.0 cm³/mol. The van der Waals surface area contributed by atoms with Crippen molar-refractivity contribution in [3.63, 3.8) is 0 Å². The zero-order valence-corrected chi connectivity index (χ0v) is 9.32. The molecule has 0 radical (unpaired) electrons. The summed E-state index contributed by atoms with van der Waals surface area (Å²) in [6.45, 7) is 2.00. The Bertz CT molecular complexity index is 166. The van der Waals surface area contributed by atoms with Gasteiger partial charge < -0.3 is 5.32 Å². The Morgan fingerprint density at radius 2 is 2.00 bits per heavy atom. The first kappa shape index (κ1) is 10.9. The molecule has 0 aromatic heterocycles. The number of nitrogens with one attached hydrogen (secondary N) is 1. The van der Waals surface area contributed by atoms with Gasteiger partial charge in [0.05, 0.1) is 5.25 Å². The van der Waals surface area contributed by atoms with Gasteiger partial charge >= 0.3 is 0 Å². The monoisotopic (exact) mass is 201 g/mol. The SMILES string of the molecule is CNC(=O)C(C)SC1CCCCC1. The van der Waals surface area contributed by atoms with Crippen LogP contribution in [-0.2, 0) is 4.79 Å². The minimum atomic E-state index is 0.119. The minimum Gasteiger partial charge on any atom is -0.358 e. The lowest BCUT2D eigenvalue weighted by Crippen LogP contribution is -2.29. The van der Waals surface area contributed by atoms with Crippen LogP contribution in [0.1, 0.15) is 39.0 Å². The standard InChI is InChI=1S/C10H19NOS/c1-8(10(12)11-2)13-9-6-4-3-5-7-9/h8-9H,3-7H2,1-2H3,(H,11,12). The van der Waals surface area contributed by atoms with Gasteiger partial charge in [-0.25, -0.2) is 0 Å². The largest absolute Gasteiger partial charge is 0.358 e. The van der Waals surface area contributed by atoms with E-state index in [1.807, 2.05) is 18.7 Å². The van der Waals surface area contributed by atoms with Gasteiger partial charge in [0.25, 0.3) is 0 Å². The molecule has 2 nitrogen and oxygen atoms in total. The summed E-state index contributed by atoms with van der Waals surface area (Å²) in [5.74, 6) is 0.163. The van der Waals surface area contributed by atoms with Crippen LogP contribution < -0.4 is 5.32 Å². The van der Waals surface area contributed by atoms with Crippen molar-refractivity contribution < 1.29 is 4.79 Å². The van der Waals surface area contributed by atoms with Crippen molar-refractivity contribution in [2.24, 2.45) is 0 Å². The van der Waals surface area contributed by atoms with Crippen molar-refractivity contribution in [2.75, 3.05) is 7.05 Å². The summed E-state index contributed by atoms with van der Waals surface area (Å²) in [5.41, 5.74) is 0. The smallest absolute Gasteiger partial charge is 0.232 e. The van der Waals surface area contributed by atoms with E-state index in [1.54, 1.807) is 7.05 Å². The van der Waals surface area contributed by atoms with E-state index in [4.69, 9.17) is 0 Å². The summed E-state index contributed by atoms with van der Waals surface area (Å²) in [5, 5.41) is 3.54. The highest BCUT2D eigenvalue weighted by molar-refractivity contribution is 8.01. The maximum Gasteiger partial charge on any atom is 0.232 e. The van der Waals surface area contributed by atoms with Crippen LogP contribution in [0.15, 0.2) is 0 Å². The third-order valence-corrected chi connectivity index (χ3v) is 4.04. The lowest BCUT2D eigenvalue weighted by Gasteiger charge is -2.23. The first-order chi connectivity index (χ1) is 6.24. The van der Waals surface area contributed by atoms with Crippen molar-refractivity contribution in [1.29, 1.82) is 0 Å². The molecule has 13 heavy (non-hydrogen) atoms. The van der Waals surface area contributed by atoms with Crippen molar-refractivity contribution in [3.8, 4) is 0 Å². The molecule has 3 heteroatoms. The van der Waals surface area contributed by atoms with E-state index in [9.17, 15) is 4.79 Å². The molecular formula is C10H19NOS. The number of hydrogen-bond acceptors (Lipinski definition) is 2. The zero-order chi connectivity index (χ0) is 9.68. The normalized spacial score (nSPS) is 21.1. The number of hydrogen-bond donors (Lipinski definition) is 1. The second-order valence-electron chi connectivity index (χ2n) is 3.65. The number of carbonyl (C=O) groups excluding carboxylic acids is 1. The highest BCUT2D eigenvalue weighted by atomic mass is 32.2. The molecule has 0 heterocycles. The average Bonchev–Trinajstić information content (AvgIpc) is 2.18. The molecule has 1 rings (SSSR count). The summed E-state index contributed by atoms with van der Waals surface area (Å²) >= 11 is 1.84. The quantitative estimate of drug-likeness (QED) is 0.758. The molecule has 0 bridgehead atoms. The fourth-order valence-electron chi connectivity index (χ4n) is 1.75. The van der Waals surface area contributed by atoms with Gasteiger partial charge in [-0.1, -0.05) is 19.3 Å². The lowest BCUT2D eigenvalue weighted by molar-refractivity contribution is -0.119. The Morgan fingerprint density at radius 1 is 1.38 bits per heavy atom. The van der Waals surface area contributed by atoms with Crippen LogP contribution in [0.2, 0.25) is 0 Å². The Kier molecular flexibility index (Phi) is 4.64. The molecule has 0 aliphatic heterocycles. The molecule has 1 saturated carbocycles. The van der Waals surface area contributed by atoms with Crippen LogP contribution in [0.5, 0.6) is 0 Å². The minimum absolute atomic E-state index is 0.119. The third kappa shape index (κ3) is 3.59. The summed E-state index contributed by atoms with van der Waals surface area (Å²) in [4.78, 5) is 11.3. The third-order valence-electron chi connectivity index (χ3n) is 2.56. The number of carbonyl (C=O) groups is 1. The van der Waals surface area contributed by atoms with Crippen LogP contribution in [0.4, 0.5) is 0 Å². The second-order valence-corrected chi connectivity index (χ2v) is 5.30. The van der Waals surface area contributed by atoms with Gasteiger partial charge in [0.2, 0.25) is 5.91 Å². The van der Waals surface area contributed by atoms with Gasteiger partial charge in [0.1, 0.15) is 0 Å². The van der Waals surface area contributed by atoms with E-state index in [-0.39, 0.29) is 11.2 Å². The zero-order valence-electron chi connectivity index (χ0n) is 8.51. The molecule has 1 fully saturated rings. The molecule has 1 aliphatic carbocycles. The fourth-order valence-corrected chi connectivity index (χ4v) is 3.18. The molecule has 0 saturated heterocycles. The van der Waals surface area contributed by atoms with Gasteiger partial charge in [-0.3, -0.25) is 4.79 Å². The maximum absolute atomic E-state index is 11.3. The lowest BCUT2D eigenvalue weighted by atomic mass is 10.0. The summed E-state index contributed by atoms with van der Waals surface area (Å²) in [6.07, 6.45) is 6.67. The molecule has 0 aromatic rings. The Hall–Kier alpha value is -0.180. The molecule has 0 aromatic carbocycles. The average molecular weight is 201 g/mol. The van der Waals surface area contributed by atoms with Crippen LogP contribution in [0.25, 0.3) is 0 Å². The Morgan fingerprint density at radius 3 is 2.54 bits per heavy atom. The van der Waals surface area contributed by atoms with Crippen LogP contribution >= 0.6 is 11.8 Å². The first-order valence-electron chi connectivity index (χ1n) is 5.11. The van der Waals surface area contributed by atoms with E-state index in [0.29, 0.717) is 0 Å². The fraction of sp³-hybridized carbons (Fsp3) is 0.900.